The maximum Gasteiger partial charge on any atom is 0.416 e. The summed E-state index contributed by atoms with van der Waals surface area (Å²) in [6, 6.07) is 27.3. The fourth-order valence-electron chi connectivity index (χ4n) is 6.18. The first-order valence-corrected chi connectivity index (χ1v) is 16.8. The molecule has 5 aromatic rings. The second-order valence-corrected chi connectivity index (χ2v) is 12.7. The Balaban J connectivity index is 1.28. The number of aromatic nitrogens is 3. The average Bonchev–Trinajstić information content (AvgIpc) is 3.57. The predicted molar refractivity (Wildman–Crippen MR) is 190 cm³/mol. The molecule has 1 aliphatic rings. The number of piperazine rings is 1. The van der Waals surface area contributed by atoms with Crippen LogP contribution in [-0.2, 0) is 42.3 Å². The van der Waals surface area contributed by atoms with Crippen LogP contribution >= 0.6 is 0 Å². The summed E-state index contributed by atoms with van der Waals surface area (Å²) in [7, 11) is 1.85. The number of carbonyl (C=O) groups is 2. The molecule has 0 saturated carbocycles. The van der Waals surface area contributed by atoms with Gasteiger partial charge in [0.15, 0.2) is 0 Å². The Morgan fingerprint density at radius 1 is 0.843 bits per heavy atom. The van der Waals surface area contributed by atoms with Gasteiger partial charge >= 0.3 is 6.18 Å². The number of hydrogen-bond donors (Lipinski definition) is 0. The third-order valence-electron chi connectivity index (χ3n) is 8.96. The summed E-state index contributed by atoms with van der Waals surface area (Å²) in [6.07, 6.45) is 3.74. The normalized spacial score (nSPS) is 14.5. The Morgan fingerprint density at radius 3 is 2.18 bits per heavy atom. The molecule has 3 heterocycles. The van der Waals surface area contributed by atoms with E-state index in [2.05, 4.69) is 27.0 Å². The van der Waals surface area contributed by atoms with Crippen molar-refractivity contribution in [2.24, 2.45) is 7.05 Å². The molecule has 1 fully saturated rings. The van der Waals surface area contributed by atoms with Crippen molar-refractivity contribution >= 4 is 17.9 Å². The van der Waals surface area contributed by atoms with Crippen molar-refractivity contribution in [2.75, 3.05) is 26.2 Å². The summed E-state index contributed by atoms with van der Waals surface area (Å²) in [5.74, 6) is -0.623. The number of amides is 2. The molecular weight excluding hydrogens is 653 g/mol. The van der Waals surface area contributed by atoms with Crippen LogP contribution in [0, 0.1) is 0 Å². The van der Waals surface area contributed by atoms with Gasteiger partial charge in [-0.05, 0) is 47.0 Å². The molecule has 0 unspecified atom stereocenters. The van der Waals surface area contributed by atoms with Crippen molar-refractivity contribution in [1.29, 1.82) is 0 Å². The lowest BCUT2D eigenvalue weighted by atomic mass is 10.0. The molecule has 1 atom stereocenters. The standard InChI is InChI=1S/C40H39F3N6O2/c1-46-28-35(45-29-46)25-37(39(51)48-23-21-47(22-24-48)26-31-7-3-2-4-8-31)49(27-32-10-15-33(16-11-32)36-9-5-6-20-44-36)38(50)19-14-30-12-17-34(18-13-30)40(41,42)43/h2-20,28-29,37H,21-27H2,1H3/b19-14+/t37-/m0/s1. The summed E-state index contributed by atoms with van der Waals surface area (Å²) in [5, 5.41) is 0. The lowest BCUT2D eigenvalue weighted by molar-refractivity contribution is -0.145. The first-order chi connectivity index (χ1) is 24.6. The molecule has 0 bridgehead atoms. The molecule has 2 amide bonds. The van der Waals surface area contributed by atoms with Crippen molar-refractivity contribution in [3.8, 4) is 11.3 Å². The molecule has 262 valence electrons. The van der Waals surface area contributed by atoms with Gasteiger partial charge in [0.1, 0.15) is 6.04 Å². The molecule has 0 spiro atoms. The van der Waals surface area contributed by atoms with Gasteiger partial charge in [0.2, 0.25) is 11.8 Å². The molecule has 1 aliphatic heterocycles. The number of pyridine rings is 1. The fraction of sp³-hybridized carbons (Fsp3) is 0.250. The number of imidazole rings is 1. The van der Waals surface area contributed by atoms with E-state index in [-0.39, 0.29) is 18.9 Å². The number of rotatable bonds is 11. The summed E-state index contributed by atoms with van der Waals surface area (Å²) in [5.41, 5.74) is 4.05. The van der Waals surface area contributed by atoms with Gasteiger partial charge in [-0.15, -0.1) is 0 Å². The van der Waals surface area contributed by atoms with Gasteiger partial charge in [0, 0.05) is 76.8 Å². The zero-order chi connectivity index (χ0) is 35.8. The van der Waals surface area contributed by atoms with Crippen LogP contribution in [-0.4, -0.2) is 73.3 Å². The highest BCUT2D eigenvalue weighted by Crippen LogP contribution is 2.29. The summed E-state index contributed by atoms with van der Waals surface area (Å²) in [4.78, 5) is 43.2. The van der Waals surface area contributed by atoms with Crippen LogP contribution in [0.5, 0.6) is 0 Å². The number of aryl methyl sites for hydroxylation is 1. The lowest BCUT2D eigenvalue weighted by Crippen LogP contribution is -2.56. The van der Waals surface area contributed by atoms with Crippen LogP contribution in [0.2, 0.25) is 0 Å². The molecular formula is C40H39F3N6O2. The number of nitrogens with zero attached hydrogens (tertiary/aromatic N) is 6. The first-order valence-electron chi connectivity index (χ1n) is 16.8. The van der Waals surface area contributed by atoms with Crippen molar-refractivity contribution in [3.05, 3.63) is 150 Å². The van der Waals surface area contributed by atoms with Gasteiger partial charge in [0.25, 0.3) is 0 Å². The van der Waals surface area contributed by atoms with E-state index in [0.717, 1.165) is 35.5 Å². The van der Waals surface area contributed by atoms with Crippen molar-refractivity contribution in [3.63, 3.8) is 0 Å². The molecule has 2 aromatic heterocycles. The Hall–Kier alpha value is -5.55. The molecule has 0 N–H and O–H groups in total. The second-order valence-electron chi connectivity index (χ2n) is 12.7. The topological polar surface area (TPSA) is 74.6 Å². The minimum Gasteiger partial charge on any atom is -0.340 e. The van der Waals surface area contributed by atoms with E-state index in [9.17, 15) is 22.8 Å². The van der Waals surface area contributed by atoms with Gasteiger partial charge < -0.3 is 14.4 Å². The second kappa shape index (κ2) is 16.0. The Morgan fingerprint density at radius 2 is 1.55 bits per heavy atom. The van der Waals surface area contributed by atoms with E-state index in [1.807, 2.05) is 78.8 Å². The third kappa shape index (κ3) is 9.37. The van der Waals surface area contributed by atoms with Crippen LogP contribution in [0.15, 0.2) is 122 Å². The maximum absolute atomic E-state index is 14.5. The molecule has 6 rings (SSSR count). The smallest absolute Gasteiger partial charge is 0.340 e. The van der Waals surface area contributed by atoms with Crippen LogP contribution in [0.3, 0.4) is 0 Å². The van der Waals surface area contributed by atoms with Crippen molar-refractivity contribution < 1.29 is 22.8 Å². The van der Waals surface area contributed by atoms with E-state index in [1.54, 1.807) is 22.0 Å². The van der Waals surface area contributed by atoms with Gasteiger partial charge in [0.05, 0.1) is 23.3 Å². The molecule has 51 heavy (non-hydrogen) atoms. The summed E-state index contributed by atoms with van der Waals surface area (Å²) >= 11 is 0. The van der Waals surface area contributed by atoms with Crippen molar-refractivity contribution in [2.45, 2.75) is 31.7 Å². The van der Waals surface area contributed by atoms with Crippen molar-refractivity contribution in [1.82, 2.24) is 29.2 Å². The number of alkyl halides is 3. The van der Waals surface area contributed by atoms with E-state index < -0.39 is 23.7 Å². The van der Waals surface area contributed by atoms with E-state index in [1.165, 1.54) is 29.8 Å². The monoisotopic (exact) mass is 692 g/mol. The molecule has 8 nitrogen and oxygen atoms in total. The SMILES string of the molecule is Cn1cnc(C[C@@H](C(=O)N2CCN(Cc3ccccc3)CC2)N(Cc2ccc(-c3ccccn3)cc2)C(=O)/C=C/c2ccc(C(F)(F)F)cc2)c1. The number of halogens is 3. The summed E-state index contributed by atoms with van der Waals surface area (Å²) < 4.78 is 41.3. The summed E-state index contributed by atoms with van der Waals surface area (Å²) in [6.45, 7) is 3.30. The third-order valence-corrected chi connectivity index (χ3v) is 8.96. The minimum absolute atomic E-state index is 0.121. The zero-order valence-electron chi connectivity index (χ0n) is 28.3. The average molecular weight is 693 g/mol. The Kier molecular flexibility index (Phi) is 11.1. The Bertz CT molecular complexity index is 1920. The molecule has 11 heteroatoms. The fourth-order valence-corrected chi connectivity index (χ4v) is 6.18. The highest BCUT2D eigenvalue weighted by molar-refractivity contribution is 5.95. The number of carbonyl (C=O) groups excluding carboxylic acids is 2. The van der Waals surface area contributed by atoms with E-state index >= 15 is 0 Å². The first kappa shape index (κ1) is 35.3. The van der Waals surface area contributed by atoms with Crippen LogP contribution in [0.4, 0.5) is 13.2 Å². The predicted octanol–water partition coefficient (Wildman–Crippen LogP) is 6.50. The van der Waals surface area contributed by atoms with Crippen LogP contribution in [0.25, 0.3) is 17.3 Å². The quantitative estimate of drug-likeness (QED) is 0.148. The van der Waals surface area contributed by atoms with Crippen LogP contribution in [0.1, 0.15) is 27.9 Å². The highest BCUT2D eigenvalue weighted by Gasteiger charge is 2.35. The molecule has 3 aromatic carbocycles. The van der Waals surface area contributed by atoms with Gasteiger partial charge in [-0.1, -0.05) is 72.8 Å². The number of benzene rings is 3. The van der Waals surface area contributed by atoms with Crippen LogP contribution < -0.4 is 0 Å². The highest BCUT2D eigenvalue weighted by atomic mass is 19.4. The Labute approximate surface area is 295 Å². The van der Waals surface area contributed by atoms with Gasteiger partial charge in [-0.3, -0.25) is 19.5 Å². The van der Waals surface area contributed by atoms with E-state index in [0.29, 0.717) is 37.4 Å². The van der Waals surface area contributed by atoms with Gasteiger partial charge in [-0.2, -0.15) is 13.2 Å². The molecule has 1 saturated heterocycles. The maximum atomic E-state index is 14.5. The number of hydrogen-bond acceptors (Lipinski definition) is 5. The van der Waals surface area contributed by atoms with Gasteiger partial charge in [-0.25, -0.2) is 4.98 Å². The molecule has 0 aliphatic carbocycles. The largest absolute Gasteiger partial charge is 0.416 e. The van der Waals surface area contributed by atoms with E-state index in [4.69, 9.17) is 0 Å². The molecule has 0 radical (unpaired) electrons. The minimum atomic E-state index is -4.47. The lowest BCUT2D eigenvalue weighted by Gasteiger charge is -2.39. The zero-order valence-corrected chi connectivity index (χ0v) is 28.3.